The number of hydrogen-bond donors (Lipinski definition) is 3. The number of nitrogens with zero attached hydrogens (tertiary/aromatic N) is 1. The first kappa shape index (κ1) is 12.8. The van der Waals surface area contributed by atoms with E-state index in [0.29, 0.717) is 6.54 Å². The first-order valence-corrected chi connectivity index (χ1v) is 6.23. The number of amides is 1. The average Bonchev–Trinajstić information content (AvgIpc) is 2.38. The molecule has 1 saturated heterocycles. The molecule has 0 spiro atoms. The van der Waals surface area contributed by atoms with Gasteiger partial charge in [0, 0.05) is 19.3 Å². The van der Waals surface area contributed by atoms with E-state index in [0.717, 1.165) is 25.9 Å². The Bertz CT molecular complexity index is 428. The first-order chi connectivity index (χ1) is 8.61. The molecule has 1 unspecified atom stereocenters. The molecule has 0 aliphatic carbocycles. The lowest BCUT2D eigenvalue weighted by molar-refractivity contribution is 0.0922. The van der Waals surface area contributed by atoms with Crippen LogP contribution in [0.4, 0.5) is 0 Å². The van der Waals surface area contributed by atoms with E-state index in [1.165, 1.54) is 18.5 Å². The van der Waals surface area contributed by atoms with Crippen molar-refractivity contribution in [3.05, 3.63) is 24.0 Å². The number of nitrogens with one attached hydrogen (secondary N) is 2. The highest BCUT2D eigenvalue weighted by Crippen LogP contribution is 2.24. The van der Waals surface area contributed by atoms with Crippen LogP contribution in [0, 0.1) is 5.41 Å². The van der Waals surface area contributed by atoms with Crippen LogP contribution in [-0.4, -0.2) is 35.6 Å². The van der Waals surface area contributed by atoms with E-state index in [1.807, 2.05) is 0 Å². The molecule has 2 heterocycles. The Kier molecular flexibility index (Phi) is 3.81. The molecule has 1 aromatic heterocycles. The summed E-state index contributed by atoms with van der Waals surface area (Å²) in [7, 11) is 0. The zero-order valence-corrected chi connectivity index (χ0v) is 10.6. The molecule has 5 heteroatoms. The van der Waals surface area contributed by atoms with Gasteiger partial charge in [-0.3, -0.25) is 9.78 Å². The van der Waals surface area contributed by atoms with E-state index in [1.54, 1.807) is 0 Å². The standard InChI is InChI=1S/C13H19N3O2/c1-13(4-2-5-15-8-13)9-16-12(18)10-3-6-14-7-11(10)17/h3,6-7,15,17H,2,4-5,8-9H2,1H3,(H,16,18). The third kappa shape index (κ3) is 2.98. The van der Waals surface area contributed by atoms with Crippen LogP contribution in [0.5, 0.6) is 5.75 Å². The summed E-state index contributed by atoms with van der Waals surface area (Å²) < 4.78 is 0. The van der Waals surface area contributed by atoms with Gasteiger partial charge >= 0.3 is 0 Å². The molecule has 1 atom stereocenters. The van der Waals surface area contributed by atoms with E-state index in [4.69, 9.17) is 0 Å². The zero-order valence-electron chi connectivity index (χ0n) is 10.6. The Morgan fingerprint density at radius 1 is 1.67 bits per heavy atom. The van der Waals surface area contributed by atoms with Gasteiger partial charge in [-0.05, 0) is 30.9 Å². The van der Waals surface area contributed by atoms with E-state index in [2.05, 4.69) is 22.5 Å². The summed E-state index contributed by atoms with van der Waals surface area (Å²) in [6.07, 6.45) is 5.01. The highest BCUT2D eigenvalue weighted by molar-refractivity contribution is 5.96. The number of pyridine rings is 1. The molecular weight excluding hydrogens is 230 g/mol. The van der Waals surface area contributed by atoms with Crippen LogP contribution in [0.3, 0.4) is 0 Å². The molecular formula is C13H19N3O2. The van der Waals surface area contributed by atoms with Gasteiger partial charge in [0.25, 0.3) is 5.91 Å². The second kappa shape index (κ2) is 5.35. The predicted octanol–water partition coefficient (Wildman–Crippen LogP) is 0.907. The summed E-state index contributed by atoms with van der Waals surface area (Å²) in [5.74, 6) is -0.330. The summed E-state index contributed by atoms with van der Waals surface area (Å²) >= 11 is 0. The van der Waals surface area contributed by atoms with Gasteiger partial charge in [0.1, 0.15) is 5.75 Å². The second-order valence-electron chi connectivity index (χ2n) is 5.17. The molecule has 1 aromatic rings. The third-order valence-electron chi connectivity index (χ3n) is 3.41. The Labute approximate surface area is 107 Å². The molecule has 0 radical (unpaired) electrons. The molecule has 0 saturated carbocycles. The molecule has 0 aromatic carbocycles. The van der Waals surface area contributed by atoms with Crippen molar-refractivity contribution in [2.45, 2.75) is 19.8 Å². The summed E-state index contributed by atoms with van der Waals surface area (Å²) in [6.45, 7) is 4.73. The Hall–Kier alpha value is -1.62. The van der Waals surface area contributed by atoms with Crippen LogP contribution < -0.4 is 10.6 Å². The van der Waals surface area contributed by atoms with Crippen molar-refractivity contribution in [2.24, 2.45) is 5.41 Å². The lowest BCUT2D eigenvalue weighted by Crippen LogP contribution is -2.45. The molecule has 5 nitrogen and oxygen atoms in total. The molecule has 2 rings (SSSR count). The summed E-state index contributed by atoms with van der Waals surface area (Å²) in [4.78, 5) is 15.7. The first-order valence-electron chi connectivity index (χ1n) is 6.23. The lowest BCUT2D eigenvalue weighted by Gasteiger charge is -2.34. The highest BCUT2D eigenvalue weighted by atomic mass is 16.3. The summed E-state index contributed by atoms with van der Waals surface area (Å²) in [5, 5.41) is 15.8. The van der Waals surface area contributed by atoms with Crippen LogP contribution >= 0.6 is 0 Å². The van der Waals surface area contributed by atoms with Crippen molar-refractivity contribution in [2.75, 3.05) is 19.6 Å². The van der Waals surface area contributed by atoms with Gasteiger partial charge in [0.05, 0.1) is 11.8 Å². The zero-order chi connectivity index (χ0) is 13.0. The van der Waals surface area contributed by atoms with Crippen molar-refractivity contribution in [1.82, 2.24) is 15.6 Å². The van der Waals surface area contributed by atoms with Crippen molar-refractivity contribution < 1.29 is 9.90 Å². The molecule has 98 valence electrons. The fourth-order valence-electron chi connectivity index (χ4n) is 2.24. The molecule has 0 bridgehead atoms. The quantitative estimate of drug-likeness (QED) is 0.744. The molecule has 1 aliphatic heterocycles. The number of hydrogen-bond acceptors (Lipinski definition) is 4. The average molecular weight is 249 g/mol. The third-order valence-corrected chi connectivity index (χ3v) is 3.41. The molecule has 18 heavy (non-hydrogen) atoms. The largest absolute Gasteiger partial charge is 0.505 e. The molecule has 3 N–H and O–H groups in total. The minimum atomic E-state index is -0.248. The van der Waals surface area contributed by atoms with Gasteiger partial charge < -0.3 is 15.7 Å². The van der Waals surface area contributed by atoms with Crippen LogP contribution in [0.1, 0.15) is 30.1 Å². The van der Waals surface area contributed by atoms with Gasteiger partial charge in [0.2, 0.25) is 0 Å². The smallest absolute Gasteiger partial charge is 0.255 e. The summed E-state index contributed by atoms with van der Waals surface area (Å²) in [6, 6.07) is 1.52. The fourth-order valence-corrected chi connectivity index (χ4v) is 2.24. The van der Waals surface area contributed by atoms with E-state index in [9.17, 15) is 9.90 Å². The highest BCUT2D eigenvalue weighted by Gasteiger charge is 2.27. The topological polar surface area (TPSA) is 74.2 Å². The van der Waals surface area contributed by atoms with Crippen LogP contribution in [0.15, 0.2) is 18.5 Å². The minimum Gasteiger partial charge on any atom is -0.505 e. The van der Waals surface area contributed by atoms with Crippen molar-refractivity contribution in [3.8, 4) is 5.75 Å². The number of rotatable bonds is 3. The maximum absolute atomic E-state index is 11.9. The predicted molar refractivity (Wildman–Crippen MR) is 68.4 cm³/mol. The summed E-state index contributed by atoms with van der Waals surface area (Å²) in [5.41, 5.74) is 0.369. The van der Waals surface area contributed by atoms with Crippen molar-refractivity contribution >= 4 is 5.91 Å². The number of carbonyl (C=O) groups is 1. The molecule has 1 fully saturated rings. The van der Waals surface area contributed by atoms with Crippen LogP contribution in [-0.2, 0) is 0 Å². The van der Waals surface area contributed by atoms with E-state index >= 15 is 0 Å². The van der Waals surface area contributed by atoms with Crippen LogP contribution in [0.2, 0.25) is 0 Å². The van der Waals surface area contributed by atoms with Crippen LogP contribution in [0.25, 0.3) is 0 Å². The van der Waals surface area contributed by atoms with Gasteiger partial charge in [-0.15, -0.1) is 0 Å². The number of piperidine rings is 1. The molecule has 1 aliphatic rings. The van der Waals surface area contributed by atoms with Crippen molar-refractivity contribution in [3.63, 3.8) is 0 Å². The van der Waals surface area contributed by atoms with E-state index in [-0.39, 0.29) is 22.6 Å². The molecule has 1 amide bonds. The number of aromatic hydroxyl groups is 1. The second-order valence-corrected chi connectivity index (χ2v) is 5.17. The minimum absolute atomic E-state index is 0.0816. The van der Waals surface area contributed by atoms with Gasteiger partial charge in [0.15, 0.2) is 0 Å². The number of carbonyl (C=O) groups excluding carboxylic acids is 1. The maximum atomic E-state index is 11.9. The Balaban J connectivity index is 1.94. The lowest BCUT2D eigenvalue weighted by atomic mass is 9.83. The monoisotopic (exact) mass is 249 g/mol. The fraction of sp³-hybridized carbons (Fsp3) is 0.538. The van der Waals surface area contributed by atoms with Gasteiger partial charge in [-0.2, -0.15) is 0 Å². The van der Waals surface area contributed by atoms with E-state index < -0.39 is 0 Å². The Morgan fingerprint density at radius 3 is 3.17 bits per heavy atom. The Morgan fingerprint density at radius 2 is 2.50 bits per heavy atom. The van der Waals surface area contributed by atoms with Gasteiger partial charge in [-0.25, -0.2) is 0 Å². The van der Waals surface area contributed by atoms with Crippen molar-refractivity contribution in [1.29, 1.82) is 0 Å². The van der Waals surface area contributed by atoms with Gasteiger partial charge in [-0.1, -0.05) is 6.92 Å². The number of aromatic nitrogens is 1. The normalized spacial score (nSPS) is 23.6. The maximum Gasteiger partial charge on any atom is 0.255 e. The SMILES string of the molecule is CC1(CNC(=O)c2ccncc2O)CCCNC1.